The Balaban J connectivity index is 2.52. The molecule has 0 aliphatic heterocycles. The maximum atomic E-state index is 12.2. The molecule has 0 aliphatic carbocycles. The lowest BCUT2D eigenvalue weighted by Gasteiger charge is -2.14. The average molecular weight is 406 g/mol. The van der Waals surface area contributed by atoms with Gasteiger partial charge in [-0.15, -0.1) is 0 Å². The van der Waals surface area contributed by atoms with Crippen LogP contribution in [0.3, 0.4) is 0 Å². The Bertz CT molecular complexity index is 781. The van der Waals surface area contributed by atoms with E-state index in [2.05, 4.69) is 10.0 Å². The van der Waals surface area contributed by atoms with Gasteiger partial charge in [-0.25, -0.2) is 8.42 Å². The van der Waals surface area contributed by atoms with Crippen molar-refractivity contribution in [3.05, 3.63) is 29.3 Å². The van der Waals surface area contributed by atoms with Gasteiger partial charge in [0.05, 0.1) is 11.4 Å². The standard InChI is InChI=1S/C15H20ClN3O6S/c1-10(18-26(23,24)12-6-4-5-11(16)7-12)15(22)25-9-13(20)17-8-14(21)19(2)3/h4-7,10,18H,8-9H2,1-3H3,(H,17,20)/t10-/m0/s1. The molecule has 11 heteroatoms. The Morgan fingerprint density at radius 1 is 1.27 bits per heavy atom. The fraction of sp³-hybridized carbons (Fsp3) is 0.400. The van der Waals surface area contributed by atoms with Crippen molar-refractivity contribution in [1.82, 2.24) is 14.9 Å². The van der Waals surface area contributed by atoms with Crippen LogP contribution in [0, 0.1) is 0 Å². The van der Waals surface area contributed by atoms with E-state index in [1.54, 1.807) is 0 Å². The van der Waals surface area contributed by atoms with Gasteiger partial charge in [-0.05, 0) is 25.1 Å². The number of hydrogen-bond acceptors (Lipinski definition) is 6. The summed E-state index contributed by atoms with van der Waals surface area (Å²) in [6.45, 7) is 0.404. The number of carbonyl (C=O) groups excluding carboxylic acids is 3. The van der Waals surface area contributed by atoms with Crippen LogP contribution in [0.25, 0.3) is 0 Å². The van der Waals surface area contributed by atoms with Crippen LogP contribution in [0.1, 0.15) is 6.92 Å². The number of ether oxygens (including phenoxy) is 1. The first-order valence-electron chi connectivity index (χ1n) is 7.44. The third-order valence-corrected chi connectivity index (χ3v) is 4.85. The van der Waals surface area contributed by atoms with Crippen LogP contribution < -0.4 is 10.0 Å². The Morgan fingerprint density at radius 2 is 1.92 bits per heavy atom. The van der Waals surface area contributed by atoms with E-state index in [1.807, 2.05) is 0 Å². The molecule has 26 heavy (non-hydrogen) atoms. The molecule has 1 aromatic rings. The highest BCUT2D eigenvalue weighted by Crippen LogP contribution is 2.15. The number of nitrogens with one attached hydrogen (secondary N) is 2. The normalized spacial score (nSPS) is 12.2. The summed E-state index contributed by atoms with van der Waals surface area (Å²) in [7, 11) is -0.923. The van der Waals surface area contributed by atoms with E-state index in [0.717, 1.165) is 0 Å². The summed E-state index contributed by atoms with van der Waals surface area (Å²) in [4.78, 5) is 35.9. The van der Waals surface area contributed by atoms with E-state index in [-0.39, 0.29) is 22.4 Å². The topological polar surface area (TPSA) is 122 Å². The maximum absolute atomic E-state index is 12.2. The maximum Gasteiger partial charge on any atom is 0.324 e. The van der Waals surface area contributed by atoms with Gasteiger partial charge in [-0.2, -0.15) is 4.72 Å². The van der Waals surface area contributed by atoms with Crippen molar-refractivity contribution in [2.24, 2.45) is 0 Å². The zero-order valence-corrected chi connectivity index (χ0v) is 16.1. The molecule has 9 nitrogen and oxygen atoms in total. The molecule has 0 bridgehead atoms. The number of likely N-dealkylation sites (N-methyl/N-ethyl adjacent to an activating group) is 1. The number of rotatable bonds is 8. The minimum Gasteiger partial charge on any atom is -0.454 e. The molecule has 0 heterocycles. The summed E-state index contributed by atoms with van der Waals surface area (Å²) >= 11 is 5.75. The fourth-order valence-corrected chi connectivity index (χ4v) is 3.12. The summed E-state index contributed by atoms with van der Waals surface area (Å²) in [5, 5.41) is 2.51. The molecular weight excluding hydrogens is 386 g/mol. The number of nitrogens with zero attached hydrogens (tertiary/aromatic N) is 1. The molecule has 144 valence electrons. The number of halogens is 1. The van der Waals surface area contributed by atoms with Crippen molar-refractivity contribution >= 4 is 39.4 Å². The number of hydrogen-bond donors (Lipinski definition) is 2. The number of esters is 1. The molecule has 0 fully saturated rings. The third kappa shape index (κ3) is 6.98. The highest BCUT2D eigenvalue weighted by atomic mass is 35.5. The Kier molecular flexibility index (Phi) is 8.00. The Labute approximate surface area is 156 Å². The number of benzene rings is 1. The van der Waals surface area contributed by atoms with Crippen LogP contribution in [0.15, 0.2) is 29.2 Å². The lowest BCUT2D eigenvalue weighted by atomic mass is 10.4. The first kappa shape index (κ1) is 21.9. The molecule has 2 amide bonds. The SMILES string of the molecule is C[C@H](NS(=O)(=O)c1cccc(Cl)c1)C(=O)OCC(=O)NCC(=O)N(C)C. The van der Waals surface area contributed by atoms with Crippen LogP contribution >= 0.6 is 11.6 Å². The van der Waals surface area contributed by atoms with Crippen molar-refractivity contribution in [2.75, 3.05) is 27.2 Å². The molecule has 2 N–H and O–H groups in total. The van der Waals surface area contributed by atoms with Crippen molar-refractivity contribution < 1.29 is 27.5 Å². The highest BCUT2D eigenvalue weighted by Gasteiger charge is 2.24. The summed E-state index contributed by atoms with van der Waals surface area (Å²) < 4.78 is 31.2. The first-order valence-corrected chi connectivity index (χ1v) is 9.30. The van der Waals surface area contributed by atoms with Gasteiger partial charge in [0.1, 0.15) is 6.04 Å². The summed E-state index contributed by atoms with van der Waals surface area (Å²) in [6, 6.07) is 4.30. The van der Waals surface area contributed by atoms with Crippen molar-refractivity contribution in [3.8, 4) is 0 Å². The molecule has 0 radical (unpaired) electrons. The molecule has 0 unspecified atom stereocenters. The quantitative estimate of drug-likeness (QED) is 0.575. The van der Waals surface area contributed by atoms with Gasteiger partial charge < -0.3 is 15.0 Å². The van der Waals surface area contributed by atoms with Gasteiger partial charge in [-0.1, -0.05) is 17.7 Å². The fourth-order valence-electron chi connectivity index (χ4n) is 1.63. The second-order valence-corrected chi connectivity index (χ2v) is 7.62. The average Bonchev–Trinajstić information content (AvgIpc) is 2.56. The number of sulfonamides is 1. The van der Waals surface area contributed by atoms with E-state index in [4.69, 9.17) is 16.3 Å². The molecule has 0 saturated carbocycles. The highest BCUT2D eigenvalue weighted by molar-refractivity contribution is 7.89. The van der Waals surface area contributed by atoms with Gasteiger partial charge in [-0.3, -0.25) is 14.4 Å². The second-order valence-electron chi connectivity index (χ2n) is 5.47. The lowest BCUT2D eigenvalue weighted by Crippen LogP contribution is -2.42. The molecule has 0 aromatic heterocycles. The van der Waals surface area contributed by atoms with Crippen molar-refractivity contribution in [1.29, 1.82) is 0 Å². The summed E-state index contributed by atoms with van der Waals surface area (Å²) in [6.07, 6.45) is 0. The van der Waals surface area contributed by atoms with Crippen LogP contribution in [-0.2, 0) is 29.1 Å². The van der Waals surface area contributed by atoms with E-state index < -0.39 is 34.5 Å². The van der Waals surface area contributed by atoms with E-state index in [9.17, 15) is 22.8 Å². The van der Waals surface area contributed by atoms with Gasteiger partial charge in [0, 0.05) is 19.1 Å². The van der Waals surface area contributed by atoms with Crippen LogP contribution in [0.4, 0.5) is 0 Å². The van der Waals surface area contributed by atoms with Crippen LogP contribution in [0.2, 0.25) is 5.02 Å². The van der Waals surface area contributed by atoms with Crippen LogP contribution in [0.5, 0.6) is 0 Å². The zero-order valence-electron chi connectivity index (χ0n) is 14.5. The zero-order chi connectivity index (χ0) is 19.9. The smallest absolute Gasteiger partial charge is 0.324 e. The molecule has 0 spiro atoms. The largest absolute Gasteiger partial charge is 0.454 e. The van der Waals surface area contributed by atoms with Crippen molar-refractivity contribution in [3.63, 3.8) is 0 Å². The minimum absolute atomic E-state index is 0.107. The molecule has 0 saturated heterocycles. The van der Waals surface area contributed by atoms with Gasteiger partial charge in [0.15, 0.2) is 6.61 Å². The summed E-state index contributed by atoms with van der Waals surface area (Å²) in [5.74, 6) is -1.95. The predicted octanol–water partition coefficient (Wildman–Crippen LogP) is -0.246. The summed E-state index contributed by atoms with van der Waals surface area (Å²) in [5.41, 5.74) is 0. The molecular formula is C15H20ClN3O6S. The van der Waals surface area contributed by atoms with E-state index >= 15 is 0 Å². The van der Waals surface area contributed by atoms with Crippen LogP contribution in [-0.4, -0.2) is 64.4 Å². The number of carbonyl (C=O) groups is 3. The molecule has 1 aromatic carbocycles. The van der Waals surface area contributed by atoms with Crippen molar-refractivity contribution in [2.45, 2.75) is 17.9 Å². The van der Waals surface area contributed by atoms with E-state index in [0.29, 0.717) is 0 Å². The van der Waals surface area contributed by atoms with Gasteiger partial charge in [0.25, 0.3) is 5.91 Å². The minimum atomic E-state index is -3.98. The number of amides is 2. The molecule has 1 rings (SSSR count). The third-order valence-electron chi connectivity index (χ3n) is 3.07. The first-order chi connectivity index (χ1) is 12.0. The second kappa shape index (κ2) is 9.51. The van der Waals surface area contributed by atoms with Gasteiger partial charge >= 0.3 is 5.97 Å². The molecule has 0 aliphatic rings. The predicted molar refractivity (Wildman–Crippen MR) is 93.9 cm³/mol. The molecule has 1 atom stereocenters. The lowest BCUT2D eigenvalue weighted by molar-refractivity contribution is -0.149. The van der Waals surface area contributed by atoms with Gasteiger partial charge in [0.2, 0.25) is 15.9 Å². The Morgan fingerprint density at radius 3 is 2.50 bits per heavy atom. The van der Waals surface area contributed by atoms with E-state index in [1.165, 1.54) is 50.2 Å². The Hall–Kier alpha value is -2.17. The monoisotopic (exact) mass is 405 g/mol.